The maximum Gasteiger partial charge on any atom is 0.147 e. The monoisotopic (exact) mass is 207 g/mol. The fourth-order valence-corrected chi connectivity index (χ4v) is 1.54. The van der Waals surface area contributed by atoms with Gasteiger partial charge in [0.1, 0.15) is 5.82 Å². The molecule has 2 rings (SSSR count). The normalized spacial score (nSPS) is 17.5. The molecule has 0 aliphatic heterocycles. The van der Waals surface area contributed by atoms with Gasteiger partial charge in [-0.2, -0.15) is 0 Å². The first-order valence-electron chi connectivity index (χ1n) is 5.30. The van der Waals surface area contributed by atoms with E-state index in [9.17, 15) is 5.11 Å². The van der Waals surface area contributed by atoms with Crippen LogP contribution >= 0.6 is 0 Å². The van der Waals surface area contributed by atoms with E-state index in [1.54, 1.807) is 6.20 Å². The number of aliphatic hydroxyl groups excluding tert-OH is 1. The number of hydrogen-bond donors (Lipinski definition) is 2. The van der Waals surface area contributed by atoms with E-state index in [0.717, 1.165) is 36.6 Å². The average molecular weight is 207 g/mol. The SMILES string of the molecule is Cc1cnc(C)c(NCC2(CO)CC2)n1. The topological polar surface area (TPSA) is 58.0 Å². The molecule has 82 valence electrons. The van der Waals surface area contributed by atoms with E-state index in [-0.39, 0.29) is 12.0 Å². The molecule has 1 aliphatic rings. The van der Waals surface area contributed by atoms with Crippen molar-refractivity contribution < 1.29 is 5.11 Å². The number of aliphatic hydroxyl groups is 1. The number of nitrogens with one attached hydrogen (secondary N) is 1. The number of anilines is 1. The molecule has 15 heavy (non-hydrogen) atoms. The smallest absolute Gasteiger partial charge is 0.147 e. The highest BCUT2D eigenvalue weighted by atomic mass is 16.3. The second-order valence-electron chi connectivity index (χ2n) is 4.46. The molecule has 4 heteroatoms. The first-order chi connectivity index (χ1) is 7.15. The second-order valence-corrected chi connectivity index (χ2v) is 4.46. The number of nitrogens with zero attached hydrogens (tertiary/aromatic N) is 2. The highest BCUT2D eigenvalue weighted by Gasteiger charge is 2.41. The Kier molecular flexibility index (Phi) is 2.61. The molecule has 0 atom stereocenters. The van der Waals surface area contributed by atoms with Crippen LogP contribution in [0.25, 0.3) is 0 Å². The molecule has 1 aromatic rings. The summed E-state index contributed by atoms with van der Waals surface area (Å²) >= 11 is 0. The summed E-state index contributed by atoms with van der Waals surface area (Å²) in [4.78, 5) is 8.62. The van der Waals surface area contributed by atoms with Crippen LogP contribution in [-0.2, 0) is 0 Å². The highest BCUT2D eigenvalue weighted by Crippen LogP contribution is 2.44. The molecule has 4 nitrogen and oxygen atoms in total. The Labute approximate surface area is 89.8 Å². The fraction of sp³-hybridized carbons (Fsp3) is 0.636. The molecule has 0 saturated heterocycles. The summed E-state index contributed by atoms with van der Waals surface area (Å²) in [5, 5.41) is 12.5. The van der Waals surface area contributed by atoms with E-state index < -0.39 is 0 Å². The Morgan fingerprint density at radius 2 is 2.20 bits per heavy atom. The summed E-state index contributed by atoms with van der Waals surface area (Å²) in [6.07, 6.45) is 3.98. The molecule has 0 aromatic carbocycles. The lowest BCUT2D eigenvalue weighted by Gasteiger charge is -2.14. The van der Waals surface area contributed by atoms with Crippen molar-refractivity contribution in [3.8, 4) is 0 Å². The lowest BCUT2D eigenvalue weighted by atomic mass is 10.1. The van der Waals surface area contributed by atoms with Crippen LogP contribution in [0.15, 0.2) is 6.20 Å². The lowest BCUT2D eigenvalue weighted by Crippen LogP contribution is -2.20. The van der Waals surface area contributed by atoms with Gasteiger partial charge in [0, 0.05) is 18.2 Å². The molecule has 0 bridgehead atoms. The van der Waals surface area contributed by atoms with Crippen LogP contribution in [0.2, 0.25) is 0 Å². The quantitative estimate of drug-likeness (QED) is 0.780. The summed E-state index contributed by atoms with van der Waals surface area (Å²) in [6.45, 7) is 4.92. The van der Waals surface area contributed by atoms with E-state index in [4.69, 9.17) is 0 Å². The van der Waals surface area contributed by atoms with Gasteiger partial charge in [-0.25, -0.2) is 4.98 Å². The largest absolute Gasteiger partial charge is 0.396 e. The number of aromatic nitrogens is 2. The Balaban J connectivity index is 2.01. The predicted molar refractivity (Wildman–Crippen MR) is 58.7 cm³/mol. The van der Waals surface area contributed by atoms with Gasteiger partial charge in [0.25, 0.3) is 0 Å². The third-order valence-electron chi connectivity index (χ3n) is 3.00. The van der Waals surface area contributed by atoms with Gasteiger partial charge in [-0.3, -0.25) is 4.98 Å². The van der Waals surface area contributed by atoms with E-state index in [0.29, 0.717) is 0 Å². The third-order valence-corrected chi connectivity index (χ3v) is 3.00. The molecule has 1 aliphatic carbocycles. The zero-order chi connectivity index (χ0) is 10.9. The molecular weight excluding hydrogens is 190 g/mol. The maximum absolute atomic E-state index is 9.18. The van der Waals surface area contributed by atoms with E-state index in [2.05, 4.69) is 15.3 Å². The molecule has 1 saturated carbocycles. The predicted octanol–water partition coefficient (Wildman–Crippen LogP) is 1.28. The zero-order valence-electron chi connectivity index (χ0n) is 9.25. The second kappa shape index (κ2) is 3.77. The molecule has 0 radical (unpaired) electrons. The standard InChI is InChI=1S/C11H17N3O/c1-8-5-12-9(2)10(14-8)13-6-11(7-15)3-4-11/h5,15H,3-4,6-7H2,1-2H3,(H,13,14). The van der Waals surface area contributed by atoms with Crippen LogP contribution < -0.4 is 5.32 Å². The summed E-state index contributed by atoms with van der Waals surface area (Å²) in [6, 6.07) is 0. The van der Waals surface area contributed by atoms with Crippen molar-refractivity contribution in [2.45, 2.75) is 26.7 Å². The Morgan fingerprint density at radius 3 is 2.80 bits per heavy atom. The zero-order valence-corrected chi connectivity index (χ0v) is 9.25. The molecule has 2 N–H and O–H groups in total. The van der Waals surface area contributed by atoms with Crippen LogP contribution in [0.4, 0.5) is 5.82 Å². The van der Waals surface area contributed by atoms with Crippen LogP contribution in [0.3, 0.4) is 0 Å². The molecule has 1 heterocycles. The number of aryl methyl sites for hydroxylation is 2. The van der Waals surface area contributed by atoms with Crippen molar-refractivity contribution >= 4 is 5.82 Å². The Bertz CT molecular complexity index is 361. The van der Waals surface area contributed by atoms with Gasteiger partial charge < -0.3 is 10.4 Å². The van der Waals surface area contributed by atoms with Crippen LogP contribution in [0, 0.1) is 19.3 Å². The van der Waals surface area contributed by atoms with Crippen molar-refractivity contribution in [3.05, 3.63) is 17.6 Å². The van der Waals surface area contributed by atoms with Gasteiger partial charge in [0.15, 0.2) is 0 Å². The van der Waals surface area contributed by atoms with Crippen LogP contribution in [0.1, 0.15) is 24.2 Å². The minimum Gasteiger partial charge on any atom is -0.396 e. The van der Waals surface area contributed by atoms with E-state index in [1.165, 1.54) is 0 Å². The van der Waals surface area contributed by atoms with Gasteiger partial charge in [0.05, 0.1) is 18.0 Å². The fourth-order valence-electron chi connectivity index (χ4n) is 1.54. The Hall–Kier alpha value is -1.16. The van der Waals surface area contributed by atoms with Crippen molar-refractivity contribution in [1.82, 2.24) is 9.97 Å². The summed E-state index contributed by atoms with van der Waals surface area (Å²) in [7, 11) is 0. The molecule has 1 fully saturated rings. The Morgan fingerprint density at radius 1 is 1.47 bits per heavy atom. The molecular formula is C11H17N3O. The summed E-state index contributed by atoms with van der Waals surface area (Å²) < 4.78 is 0. The minimum atomic E-state index is 0.109. The molecule has 0 spiro atoms. The van der Waals surface area contributed by atoms with Crippen molar-refractivity contribution in [2.24, 2.45) is 5.41 Å². The van der Waals surface area contributed by atoms with Gasteiger partial charge in [-0.05, 0) is 26.7 Å². The van der Waals surface area contributed by atoms with Gasteiger partial charge in [0.2, 0.25) is 0 Å². The third kappa shape index (κ3) is 2.26. The van der Waals surface area contributed by atoms with Crippen molar-refractivity contribution in [2.75, 3.05) is 18.5 Å². The van der Waals surface area contributed by atoms with Crippen molar-refractivity contribution in [1.29, 1.82) is 0 Å². The summed E-state index contributed by atoms with van der Waals surface area (Å²) in [5.41, 5.74) is 1.93. The minimum absolute atomic E-state index is 0.109. The lowest BCUT2D eigenvalue weighted by molar-refractivity contribution is 0.219. The average Bonchev–Trinajstić information content (AvgIpc) is 3.00. The number of rotatable bonds is 4. The summed E-state index contributed by atoms with van der Waals surface area (Å²) in [5.74, 6) is 0.842. The highest BCUT2D eigenvalue weighted by molar-refractivity contribution is 5.40. The van der Waals surface area contributed by atoms with E-state index in [1.807, 2.05) is 13.8 Å². The molecule has 1 aromatic heterocycles. The maximum atomic E-state index is 9.18. The van der Waals surface area contributed by atoms with Gasteiger partial charge in [-0.15, -0.1) is 0 Å². The van der Waals surface area contributed by atoms with Crippen LogP contribution in [-0.4, -0.2) is 28.2 Å². The molecule has 0 unspecified atom stereocenters. The van der Waals surface area contributed by atoms with Gasteiger partial charge in [-0.1, -0.05) is 0 Å². The first-order valence-corrected chi connectivity index (χ1v) is 5.30. The first kappa shape index (κ1) is 10.4. The number of hydrogen-bond acceptors (Lipinski definition) is 4. The molecule has 0 amide bonds. The van der Waals surface area contributed by atoms with Crippen molar-refractivity contribution in [3.63, 3.8) is 0 Å². The van der Waals surface area contributed by atoms with E-state index >= 15 is 0 Å². The van der Waals surface area contributed by atoms with Gasteiger partial charge >= 0.3 is 0 Å². The van der Waals surface area contributed by atoms with Crippen LogP contribution in [0.5, 0.6) is 0 Å².